The molecule has 1 saturated heterocycles. The molecular weight excluding hydrogens is 258 g/mol. The Kier molecular flexibility index (Phi) is 4.68. The lowest BCUT2D eigenvalue weighted by Crippen LogP contribution is -2.48. The van der Waals surface area contributed by atoms with Crippen molar-refractivity contribution in [2.75, 3.05) is 37.7 Å². The van der Waals surface area contributed by atoms with Gasteiger partial charge < -0.3 is 25.4 Å². The average Bonchev–Trinajstić information content (AvgIpc) is 2.45. The molecule has 1 amide bonds. The predicted octanol–water partition coefficient (Wildman–Crippen LogP) is 1.21. The fourth-order valence-corrected chi connectivity index (χ4v) is 2.20. The highest BCUT2D eigenvalue weighted by Gasteiger charge is 2.22. The maximum absolute atomic E-state index is 10.9. The number of carboxylic acid groups (broad SMARTS) is 1. The van der Waals surface area contributed by atoms with Gasteiger partial charge in [-0.2, -0.15) is 0 Å². The summed E-state index contributed by atoms with van der Waals surface area (Å²) < 4.78 is 5.73. The third-order valence-corrected chi connectivity index (χ3v) is 3.26. The lowest BCUT2D eigenvalue weighted by atomic mass is 10.2. The van der Waals surface area contributed by atoms with Gasteiger partial charge in [-0.05, 0) is 19.1 Å². The fraction of sp³-hybridized carbons (Fsp3) is 0.500. The Balaban J connectivity index is 2.04. The van der Waals surface area contributed by atoms with Crippen LogP contribution >= 0.6 is 0 Å². The van der Waals surface area contributed by atoms with E-state index in [9.17, 15) is 4.79 Å². The van der Waals surface area contributed by atoms with Gasteiger partial charge in [0, 0.05) is 32.2 Å². The zero-order valence-corrected chi connectivity index (χ0v) is 11.7. The van der Waals surface area contributed by atoms with E-state index in [1.807, 2.05) is 31.2 Å². The number of hydrogen-bond donors (Lipinski definition) is 2. The molecule has 1 aromatic rings. The molecule has 0 saturated carbocycles. The van der Waals surface area contributed by atoms with E-state index >= 15 is 0 Å². The maximum atomic E-state index is 10.9. The molecule has 1 aliphatic rings. The Hall–Kier alpha value is -1.95. The number of para-hydroxylation sites is 2. The molecule has 0 aliphatic carbocycles. The summed E-state index contributed by atoms with van der Waals surface area (Å²) in [5.41, 5.74) is 6.71. The second-order valence-corrected chi connectivity index (χ2v) is 5.01. The van der Waals surface area contributed by atoms with E-state index in [0.29, 0.717) is 32.8 Å². The molecule has 1 aliphatic heterocycles. The van der Waals surface area contributed by atoms with Gasteiger partial charge in [0.25, 0.3) is 0 Å². The highest BCUT2D eigenvalue weighted by molar-refractivity contribution is 5.66. The topological polar surface area (TPSA) is 79.0 Å². The third-order valence-electron chi connectivity index (χ3n) is 3.26. The largest absolute Gasteiger partial charge is 0.490 e. The summed E-state index contributed by atoms with van der Waals surface area (Å²) >= 11 is 0. The number of nitrogens with zero attached hydrogens (tertiary/aromatic N) is 2. The fourth-order valence-electron chi connectivity index (χ4n) is 2.20. The van der Waals surface area contributed by atoms with Crippen LogP contribution in [0.3, 0.4) is 0 Å². The standard InChI is InChI=1S/C14H21N3O3/c1-11(15)10-20-13-5-3-2-4-12(13)16-6-8-17(9-7-16)14(18)19/h2-5,11H,6-10,15H2,1H3,(H,18,19). The highest BCUT2D eigenvalue weighted by Crippen LogP contribution is 2.28. The molecule has 0 aromatic heterocycles. The minimum Gasteiger partial charge on any atom is -0.490 e. The Morgan fingerprint density at radius 3 is 2.60 bits per heavy atom. The number of benzene rings is 1. The first-order chi connectivity index (χ1) is 9.58. The van der Waals surface area contributed by atoms with Crippen LogP contribution in [0.1, 0.15) is 6.92 Å². The van der Waals surface area contributed by atoms with Gasteiger partial charge in [-0.3, -0.25) is 0 Å². The van der Waals surface area contributed by atoms with Crippen molar-refractivity contribution in [1.29, 1.82) is 0 Å². The van der Waals surface area contributed by atoms with Crippen molar-refractivity contribution in [2.45, 2.75) is 13.0 Å². The molecule has 1 unspecified atom stereocenters. The Bertz CT molecular complexity index is 457. The van der Waals surface area contributed by atoms with E-state index in [0.717, 1.165) is 11.4 Å². The molecule has 6 nitrogen and oxygen atoms in total. The zero-order chi connectivity index (χ0) is 14.5. The Labute approximate surface area is 118 Å². The van der Waals surface area contributed by atoms with Crippen LogP contribution in [-0.4, -0.2) is 54.9 Å². The van der Waals surface area contributed by atoms with Crippen LogP contribution in [0.5, 0.6) is 5.75 Å². The quantitative estimate of drug-likeness (QED) is 0.866. The molecule has 1 atom stereocenters. The van der Waals surface area contributed by atoms with Gasteiger partial charge in [0.15, 0.2) is 0 Å². The van der Waals surface area contributed by atoms with Gasteiger partial charge in [-0.15, -0.1) is 0 Å². The number of ether oxygens (including phenoxy) is 1. The number of nitrogens with two attached hydrogens (primary N) is 1. The minimum atomic E-state index is -0.855. The van der Waals surface area contributed by atoms with Crippen LogP contribution in [0.25, 0.3) is 0 Å². The molecule has 1 fully saturated rings. The molecule has 0 spiro atoms. The number of amides is 1. The summed E-state index contributed by atoms with van der Waals surface area (Å²) in [4.78, 5) is 14.5. The van der Waals surface area contributed by atoms with Crippen molar-refractivity contribution in [1.82, 2.24) is 4.90 Å². The molecule has 6 heteroatoms. The van der Waals surface area contributed by atoms with Gasteiger partial charge in [0.05, 0.1) is 5.69 Å². The van der Waals surface area contributed by atoms with Crippen LogP contribution in [0.2, 0.25) is 0 Å². The number of hydrogen-bond acceptors (Lipinski definition) is 4. The van der Waals surface area contributed by atoms with E-state index in [4.69, 9.17) is 15.6 Å². The summed E-state index contributed by atoms with van der Waals surface area (Å²) in [6.07, 6.45) is -0.855. The molecule has 3 N–H and O–H groups in total. The number of rotatable bonds is 4. The first kappa shape index (κ1) is 14.5. The molecule has 110 valence electrons. The summed E-state index contributed by atoms with van der Waals surface area (Å²) in [5.74, 6) is 0.800. The predicted molar refractivity (Wildman–Crippen MR) is 77.4 cm³/mol. The van der Waals surface area contributed by atoms with E-state index < -0.39 is 6.09 Å². The van der Waals surface area contributed by atoms with E-state index in [2.05, 4.69) is 4.90 Å². The monoisotopic (exact) mass is 279 g/mol. The van der Waals surface area contributed by atoms with E-state index in [1.54, 1.807) is 0 Å². The Morgan fingerprint density at radius 1 is 1.35 bits per heavy atom. The number of carbonyl (C=O) groups is 1. The summed E-state index contributed by atoms with van der Waals surface area (Å²) in [7, 11) is 0. The highest BCUT2D eigenvalue weighted by atomic mass is 16.5. The molecule has 1 aromatic carbocycles. The second-order valence-electron chi connectivity index (χ2n) is 5.01. The van der Waals surface area contributed by atoms with Gasteiger partial charge >= 0.3 is 6.09 Å². The summed E-state index contributed by atoms with van der Waals surface area (Å²) in [5, 5.41) is 8.96. The maximum Gasteiger partial charge on any atom is 0.407 e. The first-order valence-corrected chi connectivity index (χ1v) is 6.78. The number of anilines is 1. The smallest absolute Gasteiger partial charge is 0.407 e. The van der Waals surface area contributed by atoms with E-state index in [1.165, 1.54) is 4.90 Å². The van der Waals surface area contributed by atoms with Gasteiger partial charge in [-0.25, -0.2) is 4.79 Å². The van der Waals surface area contributed by atoms with Crippen molar-refractivity contribution >= 4 is 11.8 Å². The molecular formula is C14H21N3O3. The van der Waals surface area contributed by atoms with Crippen LogP contribution in [0, 0.1) is 0 Å². The molecule has 2 rings (SSSR count). The number of piperazine rings is 1. The van der Waals surface area contributed by atoms with Gasteiger partial charge in [-0.1, -0.05) is 12.1 Å². The third kappa shape index (κ3) is 3.54. The van der Waals surface area contributed by atoms with Crippen LogP contribution in [0.4, 0.5) is 10.5 Å². The average molecular weight is 279 g/mol. The first-order valence-electron chi connectivity index (χ1n) is 6.78. The van der Waals surface area contributed by atoms with Gasteiger partial charge in [0.2, 0.25) is 0 Å². The SMILES string of the molecule is CC(N)COc1ccccc1N1CCN(C(=O)O)CC1. The Morgan fingerprint density at radius 2 is 2.00 bits per heavy atom. The van der Waals surface area contributed by atoms with Crippen molar-refractivity contribution in [3.63, 3.8) is 0 Å². The van der Waals surface area contributed by atoms with Gasteiger partial charge in [0.1, 0.15) is 12.4 Å². The van der Waals surface area contributed by atoms with Crippen LogP contribution in [-0.2, 0) is 0 Å². The van der Waals surface area contributed by atoms with E-state index in [-0.39, 0.29) is 6.04 Å². The van der Waals surface area contributed by atoms with Crippen LogP contribution in [0.15, 0.2) is 24.3 Å². The lowest BCUT2D eigenvalue weighted by Gasteiger charge is -2.35. The summed E-state index contributed by atoms with van der Waals surface area (Å²) in [6.45, 7) is 4.73. The lowest BCUT2D eigenvalue weighted by molar-refractivity contribution is 0.142. The zero-order valence-electron chi connectivity index (χ0n) is 11.7. The van der Waals surface area contributed by atoms with Crippen molar-refractivity contribution in [3.05, 3.63) is 24.3 Å². The molecule has 0 radical (unpaired) electrons. The molecule has 20 heavy (non-hydrogen) atoms. The van der Waals surface area contributed by atoms with Crippen molar-refractivity contribution < 1.29 is 14.6 Å². The van der Waals surface area contributed by atoms with Crippen molar-refractivity contribution in [2.24, 2.45) is 5.73 Å². The second kappa shape index (κ2) is 6.47. The molecule has 0 bridgehead atoms. The minimum absolute atomic E-state index is 0.0214. The van der Waals surface area contributed by atoms with Crippen molar-refractivity contribution in [3.8, 4) is 5.75 Å². The normalized spacial score (nSPS) is 16.9. The van der Waals surface area contributed by atoms with Crippen LogP contribution < -0.4 is 15.4 Å². The summed E-state index contributed by atoms with van der Waals surface area (Å²) in [6, 6.07) is 7.77. The molecule has 1 heterocycles.